The lowest BCUT2D eigenvalue weighted by Gasteiger charge is -2.42. The van der Waals surface area contributed by atoms with Gasteiger partial charge >= 0.3 is 0 Å². The average Bonchev–Trinajstić information content (AvgIpc) is 2.97. The van der Waals surface area contributed by atoms with Gasteiger partial charge in [-0.05, 0) is 37.1 Å². The smallest absolute Gasteiger partial charge is 0.270 e. The lowest BCUT2D eigenvalue weighted by Crippen LogP contribution is -2.45. The minimum Gasteiger partial charge on any atom is -0.350 e. The molecule has 0 atom stereocenters. The molecule has 1 aliphatic carbocycles. The molecule has 4 nitrogen and oxygen atoms in total. The number of nitrogens with two attached hydrogens (primary N) is 1. The fourth-order valence-corrected chi connectivity index (χ4v) is 3.89. The van der Waals surface area contributed by atoms with E-state index in [1.54, 1.807) is 5.38 Å². The van der Waals surface area contributed by atoms with Crippen LogP contribution in [-0.4, -0.2) is 24.0 Å². The van der Waals surface area contributed by atoms with E-state index in [2.05, 4.69) is 22.4 Å². The largest absolute Gasteiger partial charge is 0.350 e. The van der Waals surface area contributed by atoms with E-state index in [-0.39, 0.29) is 23.7 Å². The number of nitrogens with one attached hydrogen (secondary N) is 1. The molecule has 1 fully saturated rings. The Labute approximate surface area is 157 Å². The quantitative estimate of drug-likeness (QED) is 0.798. The van der Waals surface area contributed by atoms with Gasteiger partial charge in [-0.1, -0.05) is 30.2 Å². The van der Waals surface area contributed by atoms with Gasteiger partial charge in [0.2, 0.25) is 0 Å². The van der Waals surface area contributed by atoms with Crippen molar-refractivity contribution in [2.45, 2.75) is 31.1 Å². The number of hydrogen-bond donors (Lipinski definition) is 2. The predicted molar refractivity (Wildman–Crippen MR) is 101 cm³/mol. The number of benzene rings is 1. The maximum Gasteiger partial charge on any atom is 0.270 e. The molecule has 130 valence electrons. The molecular formula is C17H21Cl2N3OS. The van der Waals surface area contributed by atoms with Gasteiger partial charge in [-0.2, -0.15) is 0 Å². The predicted octanol–water partition coefficient (Wildman–Crippen LogP) is 3.57. The molecule has 1 aliphatic rings. The molecule has 2 aromatic rings. The first-order chi connectivity index (χ1) is 11.1. The van der Waals surface area contributed by atoms with E-state index < -0.39 is 0 Å². The summed E-state index contributed by atoms with van der Waals surface area (Å²) in [6, 6.07) is 7.96. The second-order valence-corrected chi connectivity index (χ2v) is 7.37. The van der Waals surface area contributed by atoms with Crippen molar-refractivity contribution in [1.29, 1.82) is 0 Å². The molecule has 7 heteroatoms. The second kappa shape index (κ2) is 8.30. The van der Waals surface area contributed by atoms with Crippen molar-refractivity contribution in [3.8, 4) is 0 Å². The number of halogens is 2. The number of nitrogens with zero attached hydrogens (tertiary/aromatic N) is 1. The van der Waals surface area contributed by atoms with E-state index in [0.29, 0.717) is 25.2 Å². The Hall–Kier alpha value is -1.14. The van der Waals surface area contributed by atoms with Crippen molar-refractivity contribution in [2.24, 2.45) is 5.73 Å². The minimum absolute atomic E-state index is 0. The van der Waals surface area contributed by atoms with E-state index in [0.717, 1.165) is 22.9 Å². The van der Waals surface area contributed by atoms with Crippen LogP contribution in [0.3, 0.4) is 0 Å². The van der Waals surface area contributed by atoms with Crippen LogP contribution in [0.25, 0.3) is 0 Å². The van der Waals surface area contributed by atoms with Crippen molar-refractivity contribution in [3.05, 3.63) is 50.9 Å². The Morgan fingerprint density at radius 3 is 2.62 bits per heavy atom. The summed E-state index contributed by atoms with van der Waals surface area (Å²) in [6.45, 7) is 1.19. The fourth-order valence-electron chi connectivity index (χ4n) is 2.97. The monoisotopic (exact) mass is 385 g/mol. The first kappa shape index (κ1) is 19.2. The van der Waals surface area contributed by atoms with Crippen LogP contribution in [0.1, 0.15) is 40.3 Å². The van der Waals surface area contributed by atoms with Crippen molar-refractivity contribution < 1.29 is 4.79 Å². The molecule has 0 aliphatic heterocycles. The van der Waals surface area contributed by atoms with Crippen molar-refractivity contribution in [2.75, 3.05) is 13.1 Å². The van der Waals surface area contributed by atoms with Crippen molar-refractivity contribution in [1.82, 2.24) is 10.3 Å². The molecule has 1 amide bonds. The molecule has 0 saturated heterocycles. The maximum atomic E-state index is 12.3. The van der Waals surface area contributed by atoms with Crippen LogP contribution >= 0.6 is 35.3 Å². The number of carbonyl (C=O) groups excluding carboxylic acids is 1. The van der Waals surface area contributed by atoms with Gasteiger partial charge in [-0.15, -0.1) is 23.7 Å². The molecule has 0 unspecified atom stereocenters. The summed E-state index contributed by atoms with van der Waals surface area (Å²) < 4.78 is 0. The summed E-state index contributed by atoms with van der Waals surface area (Å²) in [4.78, 5) is 16.7. The van der Waals surface area contributed by atoms with Gasteiger partial charge < -0.3 is 11.1 Å². The summed E-state index contributed by atoms with van der Waals surface area (Å²) in [7, 11) is 0. The Morgan fingerprint density at radius 2 is 2.04 bits per heavy atom. The number of carbonyl (C=O) groups is 1. The van der Waals surface area contributed by atoms with Gasteiger partial charge in [-0.3, -0.25) is 4.79 Å². The molecule has 24 heavy (non-hydrogen) atoms. The van der Waals surface area contributed by atoms with Crippen molar-refractivity contribution >= 4 is 41.3 Å². The number of rotatable bonds is 6. The van der Waals surface area contributed by atoms with Gasteiger partial charge in [-0.25, -0.2) is 4.98 Å². The number of amides is 1. The highest BCUT2D eigenvalue weighted by atomic mass is 35.5. The average molecular weight is 386 g/mol. The molecule has 0 bridgehead atoms. The minimum atomic E-state index is -0.107. The second-order valence-electron chi connectivity index (χ2n) is 5.99. The Bertz CT molecular complexity index is 683. The molecular weight excluding hydrogens is 365 g/mol. The first-order valence-electron chi connectivity index (χ1n) is 7.82. The van der Waals surface area contributed by atoms with Gasteiger partial charge in [0, 0.05) is 28.8 Å². The third-order valence-corrected chi connectivity index (χ3v) is 5.66. The highest BCUT2D eigenvalue weighted by molar-refractivity contribution is 7.09. The normalized spacial score (nSPS) is 15.2. The molecule has 1 saturated carbocycles. The lowest BCUT2D eigenvalue weighted by molar-refractivity contribution is 0.0923. The van der Waals surface area contributed by atoms with E-state index in [4.69, 9.17) is 17.3 Å². The SMILES string of the molecule is Cl.NCCc1nc(C(=O)NCC2(c3ccc(Cl)cc3)CCC2)cs1. The van der Waals surface area contributed by atoms with Gasteiger partial charge in [0.1, 0.15) is 5.69 Å². The standard InChI is InChI=1S/C17H20ClN3OS.ClH/c18-13-4-2-12(3-5-13)17(7-1-8-17)11-20-16(22)14-10-23-15(21-14)6-9-19;/h2-5,10H,1,6-9,11,19H2,(H,20,22);1H. The van der Waals surface area contributed by atoms with E-state index in [9.17, 15) is 4.79 Å². The third-order valence-electron chi connectivity index (χ3n) is 4.50. The highest BCUT2D eigenvalue weighted by Gasteiger charge is 2.38. The van der Waals surface area contributed by atoms with Crippen LogP contribution in [0.2, 0.25) is 5.02 Å². The van der Waals surface area contributed by atoms with Crippen LogP contribution in [0.5, 0.6) is 0 Å². The van der Waals surface area contributed by atoms with Gasteiger partial charge in [0.15, 0.2) is 0 Å². The topological polar surface area (TPSA) is 68.0 Å². The Balaban J connectivity index is 0.00000208. The molecule has 0 radical (unpaired) electrons. The first-order valence-corrected chi connectivity index (χ1v) is 9.07. The number of hydrogen-bond acceptors (Lipinski definition) is 4. The summed E-state index contributed by atoms with van der Waals surface area (Å²) in [5.41, 5.74) is 7.29. The Morgan fingerprint density at radius 1 is 1.33 bits per heavy atom. The van der Waals surface area contributed by atoms with Gasteiger partial charge in [0.05, 0.1) is 5.01 Å². The Kier molecular flexibility index (Phi) is 6.63. The number of thiazole rings is 1. The van der Waals surface area contributed by atoms with E-state index in [1.165, 1.54) is 23.3 Å². The lowest BCUT2D eigenvalue weighted by atomic mass is 9.64. The van der Waals surface area contributed by atoms with Gasteiger partial charge in [0.25, 0.3) is 5.91 Å². The zero-order valence-corrected chi connectivity index (χ0v) is 15.6. The third kappa shape index (κ3) is 4.09. The maximum absolute atomic E-state index is 12.3. The van der Waals surface area contributed by atoms with E-state index >= 15 is 0 Å². The fraction of sp³-hybridized carbons (Fsp3) is 0.412. The molecule has 1 heterocycles. The van der Waals surface area contributed by atoms with Crippen LogP contribution in [0.4, 0.5) is 0 Å². The zero-order valence-electron chi connectivity index (χ0n) is 13.3. The molecule has 3 rings (SSSR count). The van der Waals surface area contributed by atoms with Crippen molar-refractivity contribution in [3.63, 3.8) is 0 Å². The van der Waals surface area contributed by atoms with Crippen LogP contribution in [-0.2, 0) is 11.8 Å². The van der Waals surface area contributed by atoms with E-state index in [1.807, 2.05) is 12.1 Å². The molecule has 1 aromatic heterocycles. The number of aromatic nitrogens is 1. The summed E-state index contributed by atoms with van der Waals surface area (Å²) in [5, 5.41) is 6.50. The molecule has 0 spiro atoms. The van der Waals surface area contributed by atoms with Crippen LogP contribution < -0.4 is 11.1 Å². The summed E-state index contributed by atoms with van der Waals surface area (Å²) in [6.07, 6.45) is 4.08. The molecule has 3 N–H and O–H groups in total. The highest BCUT2D eigenvalue weighted by Crippen LogP contribution is 2.43. The van der Waals surface area contributed by atoms with Crippen LogP contribution in [0.15, 0.2) is 29.6 Å². The summed E-state index contributed by atoms with van der Waals surface area (Å²) >= 11 is 7.46. The zero-order chi connectivity index (χ0) is 16.3. The summed E-state index contributed by atoms with van der Waals surface area (Å²) in [5.74, 6) is -0.107. The van der Waals surface area contributed by atoms with Crippen LogP contribution in [0, 0.1) is 0 Å². The molecule has 1 aromatic carbocycles.